The van der Waals surface area contributed by atoms with Gasteiger partial charge in [-0.25, -0.2) is 4.99 Å². The molecule has 0 radical (unpaired) electrons. The number of hydrogen-bond acceptors (Lipinski definition) is 3. The molecule has 25 heavy (non-hydrogen) atoms. The average Bonchev–Trinajstić information content (AvgIpc) is 2.87. The van der Waals surface area contributed by atoms with Crippen LogP contribution in [-0.2, 0) is 25.9 Å². The van der Waals surface area contributed by atoms with Gasteiger partial charge in [-0.3, -0.25) is 0 Å². The maximum absolute atomic E-state index is 4.70. The average molecular weight is 340 g/mol. The van der Waals surface area contributed by atoms with E-state index in [1.54, 1.807) is 0 Å². The molecule has 1 aromatic carbocycles. The van der Waals surface area contributed by atoms with Crippen molar-refractivity contribution in [2.75, 3.05) is 13.1 Å². The molecular formula is C19H28N6. The third-order valence-electron chi connectivity index (χ3n) is 4.46. The third-order valence-corrected chi connectivity index (χ3v) is 4.46. The fourth-order valence-electron chi connectivity index (χ4n) is 3.12. The van der Waals surface area contributed by atoms with E-state index in [0.29, 0.717) is 6.54 Å². The minimum atomic E-state index is 0.563. The molecule has 0 bridgehead atoms. The number of nitrogens with zero attached hydrogens (tertiary/aromatic N) is 4. The normalized spacial score (nSPS) is 14.7. The van der Waals surface area contributed by atoms with Crippen LogP contribution in [0.5, 0.6) is 0 Å². The number of fused-ring (bicyclic) bond motifs is 1. The number of aryl methyl sites for hydroxylation is 1. The van der Waals surface area contributed by atoms with Gasteiger partial charge in [-0.05, 0) is 31.7 Å². The Hall–Kier alpha value is -2.37. The highest BCUT2D eigenvalue weighted by Gasteiger charge is 2.14. The molecule has 0 aliphatic carbocycles. The van der Waals surface area contributed by atoms with Crippen LogP contribution in [0.4, 0.5) is 0 Å². The number of guanidine groups is 1. The lowest BCUT2D eigenvalue weighted by Crippen LogP contribution is -2.38. The summed E-state index contributed by atoms with van der Waals surface area (Å²) in [7, 11) is 0. The number of hydrogen-bond donors (Lipinski definition) is 2. The standard InChI is InChI=1S/C19H28N6/c1-2-20-19(21-13-12-16-9-5-3-6-10-16)22-15-18-24-23-17-11-7-4-8-14-25(17)18/h3,5-6,9-10H,2,4,7-8,11-15H2,1H3,(H2,20,21,22). The summed E-state index contributed by atoms with van der Waals surface area (Å²) in [6, 6.07) is 10.5. The van der Waals surface area contributed by atoms with E-state index in [4.69, 9.17) is 4.99 Å². The summed E-state index contributed by atoms with van der Waals surface area (Å²) in [5.41, 5.74) is 1.33. The molecule has 1 aliphatic rings. The van der Waals surface area contributed by atoms with Crippen molar-refractivity contribution < 1.29 is 0 Å². The number of rotatable bonds is 6. The SMILES string of the molecule is CCNC(=NCc1nnc2n1CCCCC2)NCCc1ccccc1. The Kier molecular flexibility index (Phi) is 6.42. The number of benzene rings is 1. The first kappa shape index (κ1) is 17.5. The molecule has 6 nitrogen and oxygen atoms in total. The largest absolute Gasteiger partial charge is 0.357 e. The van der Waals surface area contributed by atoms with E-state index in [0.717, 1.165) is 50.1 Å². The first-order chi connectivity index (χ1) is 12.4. The predicted molar refractivity (Wildman–Crippen MR) is 101 cm³/mol. The van der Waals surface area contributed by atoms with Crippen LogP contribution in [0, 0.1) is 0 Å². The van der Waals surface area contributed by atoms with Crippen molar-refractivity contribution in [1.82, 2.24) is 25.4 Å². The molecule has 0 atom stereocenters. The molecule has 0 fully saturated rings. The minimum absolute atomic E-state index is 0.563. The van der Waals surface area contributed by atoms with Gasteiger partial charge < -0.3 is 15.2 Å². The number of aliphatic imine (C=N–C) groups is 1. The maximum Gasteiger partial charge on any atom is 0.191 e. The van der Waals surface area contributed by atoms with Crippen molar-refractivity contribution in [2.24, 2.45) is 4.99 Å². The lowest BCUT2D eigenvalue weighted by molar-refractivity contribution is 0.605. The zero-order valence-electron chi connectivity index (χ0n) is 15.0. The van der Waals surface area contributed by atoms with Gasteiger partial charge in [-0.1, -0.05) is 36.8 Å². The van der Waals surface area contributed by atoms with Gasteiger partial charge in [0.05, 0.1) is 0 Å². The second-order valence-corrected chi connectivity index (χ2v) is 6.35. The van der Waals surface area contributed by atoms with Gasteiger partial charge in [-0.15, -0.1) is 10.2 Å². The Bertz CT molecular complexity index is 676. The van der Waals surface area contributed by atoms with Crippen molar-refractivity contribution in [3.8, 4) is 0 Å². The van der Waals surface area contributed by atoms with E-state index < -0.39 is 0 Å². The summed E-state index contributed by atoms with van der Waals surface area (Å²) >= 11 is 0. The molecule has 134 valence electrons. The first-order valence-electron chi connectivity index (χ1n) is 9.34. The van der Waals surface area contributed by atoms with E-state index in [-0.39, 0.29) is 0 Å². The van der Waals surface area contributed by atoms with Crippen LogP contribution in [0.15, 0.2) is 35.3 Å². The first-order valence-corrected chi connectivity index (χ1v) is 9.34. The van der Waals surface area contributed by atoms with E-state index >= 15 is 0 Å². The third kappa shape index (κ3) is 5.05. The molecule has 2 heterocycles. The van der Waals surface area contributed by atoms with E-state index in [2.05, 4.69) is 56.6 Å². The summed E-state index contributed by atoms with van der Waals surface area (Å²) in [5, 5.41) is 15.4. The van der Waals surface area contributed by atoms with Crippen LogP contribution in [-0.4, -0.2) is 33.8 Å². The Morgan fingerprint density at radius 1 is 1.12 bits per heavy atom. The van der Waals surface area contributed by atoms with Crippen LogP contribution in [0.2, 0.25) is 0 Å². The molecular weight excluding hydrogens is 312 g/mol. The fourth-order valence-corrected chi connectivity index (χ4v) is 3.12. The fraction of sp³-hybridized carbons (Fsp3) is 0.526. The number of aromatic nitrogens is 3. The van der Waals surface area contributed by atoms with Crippen LogP contribution in [0.25, 0.3) is 0 Å². The number of nitrogens with one attached hydrogen (secondary N) is 2. The Morgan fingerprint density at radius 3 is 2.84 bits per heavy atom. The van der Waals surface area contributed by atoms with Gasteiger partial charge >= 0.3 is 0 Å². The van der Waals surface area contributed by atoms with Gasteiger partial charge in [0.1, 0.15) is 12.4 Å². The van der Waals surface area contributed by atoms with Gasteiger partial charge in [-0.2, -0.15) is 0 Å². The highest BCUT2D eigenvalue weighted by atomic mass is 15.3. The van der Waals surface area contributed by atoms with Gasteiger partial charge in [0, 0.05) is 26.1 Å². The van der Waals surface area contributed by atoms with Gasteiger partial charge in [0.15, 0.2) is 11.8 Å². The molecule has 1 aliphatic heterocycles. The van der Waals surface area contributed by atoms with E-state index in [1.165, 1.54) is 24.8 Å². The van der Waals surface area contributed by atoms with Crippen molar-refractivity contribution >= 4 is 5.96 Å². The molecule has 0 saturated carbocycles. The smallest absolute Gasteiger partial charge is 0.191 e. The summed E-state index contributed by atoms with van der Waals surface area (Å²) in [6.07, 6.45) is 5.70. The van der Waals surface area contributed by atoms with Crippen LogP contribution in [0.1, 0.15) is 43.4 Å². The van der Waals surface area contributed by atoms with Crippen LogP contribution < -0.4 is 10.6 Å². The quantitative estimate of drug-likeness (QED) is 0.625. The molecule has 0 saturated heterocycles. The summed E-state index contributed by atoms with van der Waals surface area (Å²) in [6.45, 7) is 5.36. The minimum Gasteiger partial charge on any atom is -0.357 e. The van der Waals surface area contributed by atoms with E-state index in [1.807, 2.05) is 6.07 Å². The molecule has 0 unspecified atom stereocenters. The van der Waals surface area contributed by atoms with Crippen LogP contribution >= 0.6 is 0 Å². The Balaban J connectivity index is 1.57. The highest BCUT2D eigenvalue weighted by molar-refractivity contribution is 5.79. The molecule has 2 N–H and O–H groups in total. The molecule has 0 spiro atoms. The molecule has 3 rings (SSSR count). The van der Waals surface area contributed by atoms with Crippen molar-refractivity contribution in [3.05, 3.63) is 47.5 Å². The van der Waals surface area contributed by atoms with Crippen molar-refractivity contribution in [3.63, 3.8) is 0 Å². The predicted octanol–water partition coefficient (Wildman–Crippen LogP) is 2.30. The van der Waals surface area contributed by atoms with E-state index in [9.17, 15) is 0 Å². The van der Waals surface area contributed by atoms with Gasteiger partial charge in [0.25, 0.3) is 0 Å². The lowest BCUT2D eigenvalue weighted by Gasteiger charge is -2.11. The topological polar surface area (TPSA) is 67.1 Å². The van der Waals surface area contributed by atoms with Crippen LogP contribution in [0.3, 0.4) is 0 Å². The summed E-state index contributed by atoms with van der Waals surface area (Å²) < 4.78 is 2.25. The Morgan fingerprint density at radius 2 is 2.00 bits per heavy atom. The second-order valence-electron chi connectivity index (χ2n) is 6.35. The zero-order valence-corrected chi connectivity index (χ0v) is 15.0. The summed E-state index contributed by atoms with van der Waals surface area (Å²) in [4.78, 5) is 4.70. The molecule has 6 heteroatoms. The van der Waals surface area contributed by atoms with Crippen molar-refractivity contribution in [2.45, 2.75) is 52.1 Å². The lowest BCUT2D eigenvalue weighted by atomic mass is 10.1. The van der Waals surface area contributed by atoms with Crippen molar-refractivity contribution in [1.29, 1.82) is 0 Å². The Labute approximate surface area is 149 Å². The zero-order chi connectivity index (χ0) is 17.3. The molecule has 1 aromatic heterocycles. The second kappa shape index (κ2) is 9.20. The monoisotopic (exact) mass is 340 g/mol. The molecule has 2 aromatic rings. The molecule has 0 amide bonds. The maximum atomic E-state index is 4.70. The van der Waals surface area contributed by atoms with Gasteiger partial charge in [0.2, 0.25) is 0 Å². The highest BCUT2D eigenvalue weighted by Crippen LogP contribution is 2.14. The summed E-state index contributed by atoms with van der Waals surface area (Å²) in [5.74, 6) is 2.92.